The summed E-state index contributed by atoms with van der Waals surface area (Å²) in [4.78, 5) is 11.6. The van der Waals surface area contributed by atoms with E-state index in [0.717, 1.165) is 5.56 Å². The SMILES string of the molecule is CC(C)(C)OC(=O)NC(CO)CC=Cc1ccc(C#N)cc1. The van der Waals surface area contributed by atoms with Gasteiger partial charge in [0, 0.05) is 0 Å². The van der Waals surface area contributed by atoms with Crippen LogP contribution in [0.3, 0.4) is 0 Å². The fourth-order valence-corrected chi connectivity index (χ4v) is 1.69. The maximum atomic E-state index is 11.6. The summed E-state index contributed by atoms with van der Waals surface area (Å²) in [6, 6.07) is 8.81. The molecule has 1 aromatic carbocycles. The molecule has 1 rings (SSSR count). The summed E-state index contributed by atoms with van der Waals surface area (Å²) in [6.07, 6.45) is 3.68. The second-order valence-corrected chi connectivity index (χ2v) is 5.90. The van der Waals surface area contributed by atoms with E-state index in [2.05, 4.69) is 11.4 Å². The summed E-state index contributed by atoms with van der Waals surface area (Å²) >= 11 is 0. The number of amides is 1. The molecule has 0 spiro atoms. The molecule has 5 heteroatoms. The van der Waals surface area contributed by atoms with Gasteiger partial charge in [-0.15, -0.1) is 0 Å². The van der Waals surface area contributed by atoms with Crippen molar-refractivity contribution in [2.45, 2.75) is 38.8 Å². The van der Waals surface area contributed by atoms with Crippen molar-refractivity contribution >= 4 is 12.2 Å². The van der Waals surface area contributed by atoms with Crippen LogP contribution in [0.15, 0.2) is 30.3 Å². The number of ether oxygens (including phenoxy) is 1. The highest BCUT2D eigenvalue weighted by atomic mass is 16.6. The molecule has 0 aliphatic heterocycles. The summed E-state index contributed by atoms with van der Waals surface area (Å²) in [6.45, 7) is 5.18. The number of carbonyl (C=O) groups excluding carboxylic acids is 1. The second kappa shape index (κ2) is 8.20. The van der Waals surface area contributed by atoms with E-state index in [-0.39, 0.29) is 6.61 Å². The first-order valence-corrected chi connectivity index (χ1v) is 7.11. The molecule has 1 unspecified atom stereocenters. The number of nitriles is 1. The van der Waals surface area contributed by atoms with Crippen LogP contribution in [-0.4, -0.2) is 29.4 Å². The van der Waals surface area contributed by atoms with E-state index < -0.39 is 17.7 Å². The van der Waals surface area contributed by atoms with Gasteiger partial charge in [-0.25, -0.2) is 4.79 Å². The number of aliphatic hydroxyl groups excluding tert-OH is 1. The number of rotatable bonds is 5. The van der Waals surface area contributed by atoms with Crippen molar-refractivity contribution in [2.24, 2.45) is 0 Å². The molecule has 22 heavy (non-hydrogen) atoms. The van der Waals surface area contributed by atoms with E-state index in [0.29, 0.717) is 12.0 Å². The van der Waals surface area contributed by atoms with Gasteiger partial charge in [-0.05, 0) is 44.9 Å². The Morgan fingerprint density at radius 2 is 2.05 bits per heavy atom. The first kappa shape index (κ1) is 17.7. The number of alkyl carbamates (subject to hydrolysis) is 1. The van der Waals surface area contributed by atoms with E-state index in [1.807, 2.05) is 24.3 Å². The molecule has 0 aromatic heterocycles. The Bertz CT molecular complexity index is 551. The Kier molecular flexibility index (Phi) is 6.61. The smallest absolute Gasteiger partial charge is 0.407 e. The summed E-state index contributed by atoms with van der Waals surface area (Å²) in [5.41, 5.74) is 0.993. The highest BCUT2D eigenvalue weighted by Gasteiger charge is 2.18. The van der Waals surface area contributed by atoms with Crippen LogP contribution in [0.2, 0.25) is 0 Å². The van der Waals surface area contributed by atoms with Crippen molar-refractivity contribution in [3.63, 3.8) is 0 Å². The molecule has 0 saturated carbocycles. The normalized spacial score (nSPS) is 12.7. The molecule has 1 atom stereocenters. The molecule has 1 amide bonds. The van der Waals surface area contributed by atoms with Crippen molar-refractivity contribution in [3.8, 4) is 6.07 Å². The summed E-state index contributed by atoms with van der Waals surface area (Å²) in [5, 5.41) is 20.6. The third kappa shape index (κ3) is 6.91. The van der Waals surface area contributed by atoms with Gasteiger partial charge >= 0.3 is 6.09 Å². The summed E-state index contributed by atoms with van der Waals surface area (Å²) < 4.78 is 5.14. The van der Waals surface area contributed by atoms with Gasteiger partial charge in [-0.2, -0.15) is 5.26 Å². The summed E-state index contributed by atoms with van der Waals surface area (Å²) in [7, 11) is 0. The van der Waals surface area contributed by atoms with Crippen LogP contribution in [0, 0.1) is 11.3 Å². The maximum Gasteiger partial charge on any atom is 0.407 e. The van der Waals surface area contributed by atoms with Gasteiger partial charge in [0.05, 0.1) is 24.3 Å². The van der Waals surface area contributed by atoms with Gasteiger partial charge < -0.3 is 15.2 Å². The maximum absolute atomic E-state index is 11.6. The van der Waals surface area contributed by atoms with Crippen molar-refractivity contribution < 1.29 is 14.6 Å². The second-order valence-electron chi connectivity index (χ2n) is 5.90. The minimum Gasteiger partial charge on any atom is -0.444 e. The molecular formula is C17H22N2O3. The van der Waals surface area contributed by atoms with Crippen LogP contribution in [0.4, 0.5) is 4.79 Å². The van der Waals surface area contributed by atoms with Crippen LogP contribution in [0.1, 0.15) is 38.3 Å². The molecule has 0 aliphatic rings. The van der Waals surface area contributed by atoms with Gasteiger partial charge in [0.2, 0.25) is 0 Å². The Morgan fingerprint density at radius 1 is 1.41 bits per heavy atom. The van der Waals surface area contributed by atoms with Crippen LogP contribution in [-0.2, 0) is 4.74 Å². The third-order valence-corrected chi connectivity index (χ3v) is 2.71. The van der Waals surface area contributed by atoms with Gasteiger partial charge in [0.25, 0.3) is 0 Å². The topological polar surface area (TPSA) is 82.3 Å². The number of aliphatic hydroxyl groups is 1. The van der Waals surface area contributed by atoms with Crippen LogP contribution in [0.5, 0.6) is 0 Å². The van der Waals surface area contributed by atoms with Crippen LogP contribution in [0.25, 0.3) is 6.08 Å². The predicted octanol–water partition coefficient (Wildman–Crippen LogP) is 2.85. The fourth-order valence-electron chi connectivity index (χ4n) is 1.69. The van der Waals surface area contributed by atoms with Crippen molar-refractivity contribution in [1.82, 2.24) is 5.32 Å². The van der Waals surface area contributed by atoms with Gasteiger partial charge in [0.15, 0.2) is 0 Å². The van der Waals surface area contributed by atoms with Gasteiger partial charge in [0.1, 0.15) is 5.60 Å². The minimum absolute atomic E-state index is 0.170. The van der Waals surface area contributed by atoms with E-state index >= 15 is 0 Å². The van der Waals surface area contributed by atoms with Crippen LogP contribution >= 0.6 is 0 Å². The lowest BCUT2D eigenvalue weighted by atomic mass is 10.1. The number of hydrogen-bond donors (Lipinski definition) is 2. The summed E-state index contributed by atoms with van der Waals surface area (Å²) in [5.74, 6) is 0. The lowest BCUT2D eigenvalue weighted by molar-refractivity contribution is 0.0484. The molecule has 0 aliphatic carbocycles. The number of nitrogens with zero attached hydrogens (tertiary/aromatic N) is 1. The van der Waals surface area contributed by atoms with E-state index in [4.69, 9.17) is 10.00 Å². The molecule has 1 aromatic rings. The number of hydrogen-bond acceptors (Lipinski definition) is 4. The molecule has 5 nitrogen and oxygen atoms in total. The first-order valence-electron chi connectivity index (χ1n) is 7.11. The average Bonchev–Trinajstić information content (AvgIpc) is 2.45. The fraction of sp³-hybridized carbons (Fsp3) is 0.412. The highest BCUT2D eigenvalue weighted by molar-refractivity contribution is 5.68. The molecular weight excluding hydrogens is 280 g/mol. The Labute approximate surface area is 131 Å². The lowest BCUT2D eigenvalue weighted by Crippen LogP contribution is -2.40. The van der Waals surface area contributed by atoms with Gasteiger partial charge in [-0.3, -0.25) is 0 Å². The largest absolute Gasteiger partial charge is 0.444 e. The quantitative estimate of drug-likeness (QED) is 0.876. The van der Waals surface area contributed by atoms with Crippen molar-refractivity contribution in [2.75, 3.05) is 6.61 Å². The molecule has 0 fully saturated rings. The number of benzene rings is 1. The molecule has 118 valence electrons. The average molecular weight is 302 g/mol. The minimum atomic E-state index is -0.567. The zero-order valence-electron chi connectivity index (χ0n) is 13.2. The zero-order chi connectivity index (χ0) is 16.6. The van der Waals surface area contributed by atoms with E-state index in [9.17, 15) is 9.90 Å². The zero-order valence-corrected chi connectivity index (χ0v) is 13.2. The molecule has 0 radical (unpaired) electrons. The number of nitrogens with one attached hydrogen (secondary N) is 1. The number of carbonyl (C=O) groups is 1. The highest BCUT2D eigenvalue weighted by Crippen LogP contribution is 2.09. The first-order chi connectivity index (χ1) is 10.3. The Hall–Kier alpha value is -2.32. The van der Waals surface area contributed by atoms with E-state index in [1.165, 1.54) is 0 Å². The monoisotopic (exact) mass is 302 g/mol. The van der Waals surface area contributed by atoms with Crippen LogP contribution < -0.4 is 5.32 Å². The lowest BCUT2D eigenvalue weighted by Gasteiger charge is -2.22. The molecule has 2 N–H and O–H groups in total. The molecule has 0 bridgehead atoms. The Balaban J connectivity index is 2.50. The van der Waals surface area contributed by atoms with Crippen molar-refractivity contribution in [3.05, 3.63) is 41.5 Å². The predicted molar refractivity (Wildman–Crippen MR) is 85.1 cm³/mol. The third-order valence-electron chi connectivity index (χ3n) is 2.71. The Morgan fingerprint density at radius 3 is 2.55 bits per heavy atom. The molecule has 0 heterocycles. The van der Waals surface area contributed by atoms with E-state index in [1.54, 1.807) is 32.9 Å². The van der Waals surface area contributed by atoms with Crippen molar-refractivity contribution in [1.29, 1.82) is 5.26 Å². The standard InChI is InChI=1S/C17H22N2O3/c1-17(2,3)22-16(21)19-15(12-20)6-4-5-13-7-9-14(11-18)10-8-13/h4-5,7-10,15,20H,6,12H2,1-3H3,(H,19,21). The van der Waals surface area contributed by atoms with Gasteiger partial charge in [-0.1, -0.05) is 24.3 Å². The molecule has 0 saturated heterocycles.